The number of pyridine rings is 1. The van der Waals surface area contributed by atoms with Crippen LogP contribution in [0.3, 0.4) is 0 Å². The zero-order valence-corrected chi connectivity index (χ0v) is 16.0. The van der Waals surface area contributed by atoms with Gasteiger partial charge in [0.1, 0.15) is 0 Å². The molecule has 148 valence electrons. The van der Waals surface area contributed by atoms with E-state index in [2.05, 4.69) is 20.9 Å². The molecule has 0 spiro atoms. The summed E-state index contributed by atoms with van der Waals surface area (Å²) < 4.78 is 0. The third-order valence-corrected chi connectivity index (χ3v) is 4.76. The molecule has 0 aliphatic heterocycles. The van der Waals surface area contributed by atoms with Gasteiger partial charge in [-0.05, 0) is 41.8 Å². The number of hydrogen-bond donors (Lipinski definition) is 4. The second-order valence-corrected chi connectivity index (χ2v) is 6.91. The van der Waals surface area contributed by atoms with Crippen molar-refractivity contribution in [3.8, 4) is 0 Å². The number of hydrogen-bond acceptors (Lipinski definition) is 5. The monoisotopic (exact) mass is 410 g/mol. The molecule has 2 aromatic heterocycles. The van der Waals surface area contributed by atoms with E-state index < -0.39 is 0 Å². The molecular formula is C20H18N4O4S. The zero-order chi connectivity index (χ0) is 20.6. The molecule has 3 aromatic rings. The first-order chi connectivity index (χ1) is 14.0. The van der Waals surface area contributed by atoms with Crippen molar-refractivity contribution in [3.05, 3.63) is 86.5 Å². The van der Waals surface area contributed by atoms with Gasteiger partial charge in [0.15, 0.2) is 0 Å². The number of H-pyrrole nitrogens is 1. The summed E-state index contributed by atoms with van der Waals surface area (Å²) in [6, 6.07) is 12.6. The lowest BCUT2D eigenvalue weighted by molar-refractivity contribution is 0.0929. The van der Waals surface area contributed by atoms with Crippen molar-refractivity contribution in [3.63, 3.8) is 0 Å². The van der Waals surface area contributed by atoms with Gasteiger partial charge in [-0.2, -0.15) is 0 Å². The number of nitrogens with one attached hydrogen (secondary N) is 4. The maximum atomic E-state index is 12.2. The van der Waals surface area contributed by atoms with Gasteiger partial charge in [-0.1, -0.05) is 6.07 Å². The Kier molecular flexibility index (Phi) is 6.54. The number of amides is 3. The topological polar surface area (TPSA) is 120 Å². The minimum absolute atomic E-state index is 0.170. The molecule has 4 N–H and O–H groups in total. The molecular weight excluding hydrogens is 392 g/mol. The van der Waals surface area contributed by atoms with Gasteiger partial charge in [-0.3, -0.25) is 19.2 Å². The Bertz CT molecular complexity index is 1040. The van der Waals surface area contributed by atoms with Crippen molar-refractivity contribution in [1.82, 2.24) is 15.6 Å². The fourth-order valence-electron chi connectivity index (χ4n) is 2.41. The fourth-order valence-corrected chi connectivity index (χ4v) is 3.05. The van der Waals surface area contributed by atoms with E-state index in [-0.39, 0.29) is 23.3 Å². The lowest BCUT2D eigenvalue weighted by atomic mass is 10.2. The third-order valence-electron chi connectivity index (χ3n) is 3.89. The Balaban J connectivity index is 1.45. The van der Waals surface area contributed by atoms with Gasteiger partial charge < -0.3 is 20.9 Å². The van der Waals surface area contributed by atoms with E-state index in [9.17, 15) is 19.2 Å². The predicted molar refractivity (Wildman–Crippen MR) is 110 cm³/mol. The van der Waals surface area contributed by atoms with E-state index in [0.717, 1.165) is 0 Å². The van der Waals surface area contributed by atoms with Crippen LogP contribution in [-0.4, -0.2) is 35.8 Å². The van der Waals surface area contributed by atoms with Crippen LogP contribution < -0.4 is 21.5 Å². The highest BCUT2D eigenvalue weighted by Gasteiger charge is 2.09. The van der Waals surface area contributed by atoms with Crippen LogP contribution in [0.15, 0.2) is 64.9 Å². The largest absolute Gasteiger partial charge is 0.350 e. The number of carbonyl (C=O) groups excluding carboxylic acids is 3. The summed E-state index contributed by atoms with van der Waals surface area (Å²) in [5.74, 6) is -0.828. The number of carbonyl (C=O) groups is 3. The van der Waals surface area contributed by atoms with E-state index in [1.807, 2.05) is 5.38 Å². The normalized spacial score (nSPS) is 10.2. The average Bonchev–Trinajstić information content (AvgIpc) is 3.27. The Morgan fingerprint density at radius 1 is 0.828 bits per heavy atom. The molecule has 1 aromatic carbocycles. The molecule has 0 fully saturated rings. The summed E-state index contributed by atoms with van der Waals surface area (Å²) in [6.45, 7) is 0.608. The molecule has 0 atom stereocenters. The molecule has 0 saturated carbocycles. The van der Waals surface area contributed by atoms with Crippen LogP contribution in [0.5, 0.6) is 0 Å². The van der Waals surface area contributed by atoms with E-state index in [4.69, 9.17) is 0 Å². The summed E-state index contributed by atoms with van der Waals surface area (Å²) in [4.78, 5) is 50.2. The third kappa shape index (κ3) is 5.63. The second-order valence-electron chi connectivity index (χ2n) is 5.96. The quantitative estimate of drug-likeness (QED) is 0.444. The highest BCUT2D eigenvalue weighted by molar-refractivity contribution is 7.12. The summed E-state index contributed by atoms with van der Waals surface area (Å²) >= 11 is 1.35. The second kappa shape index (κ2) is 9.47. The molecule has 2 heterocycles. The molecule has 8 nitrogen and oxygen atoms in total. The minimum Gasteiger partial charge on any atom is -0.350 e. The molecule has 29 heavy (non-hydrogen) atoms. The molecule has 9 heteroatoms. The highest BCUT2D eigenvalue weighted by Crippen LogP contribution is 2.11. The number of anilines is 1. The minimum atomic E-state index is -0.375. The first kappa shape index (κ1) is 20.0. The molecule has 0 aliphatic carbocycles. The number of aromatic nitrogens is 1. The number of benzene rings is 1. The first-order valence-electron chi connectivity index (χ1n) is 8.73. The summed E-state index contributed by atoms with van der Waals surface area (Å²) in [6.07, 6.45) is 1.33. The van der Waals surface area contributed by atoms with E-state index in [1.54, 1.807) is 36.4 Å². The van der Waals surface area contributed by atoms with Crippen LogP contribution in [0, 0.1) is 0 Å². The van der Waals surface area contributed by atoms with Crippen molar-refractivity contribution in [2.45, 2.75) is 0 Å². The lowest BCUT2D eigenvalue weighted by Crippen LogP contribution is -2.34. The smallest absolute Gasteiger partial charge is 0.261 e. The van der Waals surface area contributed by atoms with Crippen molar-refractivity contribution in [1.29, 1.82) is 0 Å². The molecule has 0 saturated heterocycles. The van der Waals surface area contributed by atoms with E-state index in [0.29, 0.717) is 34.8 Å². The molecule has 0 bridgehead atoms. The van der Waals surface area contributed by atoms with Crippen LogP contribution in [0.1, 0.15) is 30.4 Å². The van der Waals surface area contributed by atoms with Gasteiger partial charge in [0.05, 0.1) is 10.4 Å². The molecule has 0 unspecified atom stereocenters. The SMILES string of the molecule is O=C(NCCNC(=O)c1cccs1)c1ccc(NC(=O)c2ccc(=O)[nH]c2)cc1. The van der Waals surface area contributed by atoms with Gasteiger partial charge >= 0.3 is 0 Å². The lowest BCUT2D eigenvalue weighted by Gasteiger charge is -2.08. The molecule has 3 amide bonds. The number of thiophene rings is 1. The van der Waals surface area contributed by atoms with E-state index >= 15 is 0 Å². The van der Waals surface area contributed by atoms with Crippen LogP contribution in [0.2, 0.25) is 0 Å². The van der Waals surface area contributed by atoms with Gasteiger partial charge in [0.25, 0.3) is 17.7 Å². The van der Waals surface area contributed by atoms with Crippen LogP contribution in [-0.2, 0) is 0 Å². The highest BCUT2D eigenvalue weighted by atomic mass is 32.1. The Hall–Kier alpha value is -3.72. The van der Waals surface area contributed by atoms with Crippen LogP contribution in [0.25, 0.3) is 0 Å². The summed E-state index contributed by atoms with van der Waals surface area (Å²) in [7, 11) is 0. The average molecular weight is 410 g/mol. The van der Waals surface area contributed by atoms with E-state index in [1.165, 1.54) is 29.7 Å². The summed E-state index contributed by atoms with van der Waals surface area (Å²) in [5, 5.41) is 9.95. The number of aromatic amines is 1. The van der Waals surface area contributed by atoms with Gasteiger partial charge in [0.2, 0.25) is 5.56 Å². The fraction of sp³-hybridized carbons (Fsp3) is 0.100. The molecule has 0 radical (unpaired) electrons. The van der Waals surface area contributed by atoms with Gasteiger partial charge in [0, 0.05) is 36.6 Å². The maximum Gasteiger partial charge on any atom is 0.261 e. The summed E-state index contributed by atoms with van der Waals surface area (Å²) in [5.41, 5.74) is 0.969. The Morgan fingerprint density at radius 2 is 1.52 bits per heavy atom. The van der Waals surface area contributed by atoms with Crippen molar-refractivity contribution >= 4 is 34.7 Å². The molecule has 0 aliphatic rings. The Labute approximate surface area is 170 Å². The predicted octanol–water partition coefficient (Wildman–Crippen LogP) is 1.85. The first-order valence-corrected chi connectivity index (χ1v) is 9.61. The molecule has 3 rings (SSSR count). The zero-order valence-electron chi connectivity index (χ0n) is 15.2. The van der Waals surface area contributed by atoms with Crippen molar-refractivity contribution in [2.24, 2.45) is 0 Å². The van der Waals surface area contributed by atoms with Crippen molar-refractivity contribution in [2.75, 3.05) is 18.4 Å². The standard InChI is InChI=1S/C20H18N4O4S/c25-17-8-5-14(12-23-17)19(27)24-15-6-3-13(4-7-15)18(26)21-9-10-22-20(28)16-2-1-11-29-16/h1-8,11-12H,9-10H2,(H,21,26)(H,22,28)(H,23,25)(H,24,27). The van der Waals surface area contributed by atoms with Crippen molar-refractivity contribution < 1.29 is 14.4 Å². The van der Waals surface area contributed by atoms with Gasteiger partial charge in [-0.15, -0.1) is 11.3 Å². The van der Waals surface area contributed by atoms with Gasteiger partial charge in [-0.25, -0.2) is 0 Å². The maximum absolute atomic E-state index is 12.2. The van der Waals surface area contributed by atoms with Crippen LogP contribution in [0.4, 0.5) is 5.69 Å². The number of rotatable bonds is 7. The van der Waals surface area contributed by atoms with Crippen LogP contribution >= 0.6 is 11.3 Å². The Morgan fingerprint density at radius 3 is 2.14 bits per heavy atom.